The van der Waals surface area contributed by atoms with Crippen LogP contribution in [0, 0.1) is 0 Å². The van der Waals surface area contributed by atoms with E-state index in [0.29, 0.717) is 16.4 Å². The molecule has 2 aromatic carbocycles. The summed E-state index contributed by atoms with van der Waals surface area (Å²) in [7, 11) is -1.65. The number of nitrogens with one attached hydrogen (secondary N) is 1. The number of anilines is 1. The highest BCUT2D eigenvalue weighted by Gasteiger charge is 2.13. The number of thiazole rings is 1. The number of nitrogens with zero attached hydrogens (tertiary/aromatic N) is 1. The van der Waals surface area contributed by atoms with Crippen molar-refractivity contribution in [3.8, 4) is 17.0 Å². The second kappa shape index (κ2) is 11.1. The third-order valence-corrected chi connectivity index (χ3v) is 7.38. The Bertz CT molecular complexity index is 1170. The van der Waals surface area contributed by atoms with Crippen molar-refractivity contribution in [1.29, 1.82) is 0 Å². The molecular formula is C24H26N2O4S2. The Balaban J connectivity index is 1.58. The molecule has 0 saturated heterocycles. The number of sulfone groups is 1. The van der Waals surface area contributed by atoms with Crippen LogP contribution in [-0.2, 0) is 14.6 Å². The Morgan fingerprint density at radius 3 is 2.47 bits per heavy atom. The SMILES string of the molecule is CCCCCS(=O)(=O)c1ccc(/C=C/C(=O)Nc2nc(-c3ccc(OC)cc3)cs2)cc1. The molecule has 168 valence electrons. The third-order valence-electron chi connectivity index (χ3n) is 4.80. The summed E-state index contributed by atoms with van der Waals surface area (Å²) in [5.74, 6) is 0.617. The fourth-order valence-electron chi connectivity index (χ4n) is 2.99. The summed E-state index contributed by atoms with van der Waals surface area (Å²) in [5, 5.41) is 5.13. The second-order valence-electron chi connectivity index (χ2n) is 7.18. The van der Waals surface area contributed by atoms with Crippen LogP contribution in [0.4, 0.5) is 5.13 Å². The van der Waals surface area contributed by atoms with Gasteiger partial charge in [-0.05, 0) is 54.5 Å². The number of carbonyl (C=O) groups excluding carboxylic acids is 1. The first kappa shape index (κ1) is 23.7. The largest absolute Gasteiger partial charge is 0.497 e. The fraction of sp³-hybridized carbons (Fsp3) is 0.250. The predicted molar refractivity (Wildman–Crippen MR) is 130 cm³/mol. The van der Waals surface area contributed by atoms with Crippen molar-refractivity contribution in [2.45, 2.75) is 31.1 Å². The Hall–Kier alpha value is -2.97. The van der Waals surface area contributed by atoms with Gasteiger partial charge < -0.3 is 4.74 Å². The van der Waals surface area contributed by atoms with Crippen LogP contribution in [0.15, 0.2) is 64.9 Å². The number of hydrogen-bond donors (Lipinski definition) is 1. The summed E-state index contributed by atoms with van der Waals surface area (Å²) in [5.41, 5.74) is 2.45. The van der Waals surface area contributed by atoms with Crippen molar-refractivity contribution in [2.75, 3.05) is 18.2 Å². The molecule has 1 aromatic heterocycles. The van der Waals surface area contributed by atoms with Gasteiger partial charge in [-0.3, -0.25) is 10.1 Å². The Morgan fingerprint density at radius 1 is 1.09 bits per heavy atom. The molecule has 0 aliphatic carbocycles. The smallest absolute Gasteiger partial charge is 0.250 e. The van der Waals surface area contributed by atoms with E-state index in [4.69, 9.17) is 4.74 Å². The van der Waals surface area contributed by atoms with Crippen molar-refractivity contribution >= 4 is 38.3 Å². The lowest BCUT2D eigenvalue weighted by Crippen LogP contribution is -2.07. The molecule has 1 N–H and O–H groups in total. The number of aromatic nitrogens is 1. The second-order valence-corrected chi connectivity index (χ2v) is 10.2. The maximum Gasteiger partial charge on any atom is 0.250 e. The molecule has 3 aromatic rings. The van der Waals surface area contributed by atoms with Crippen molar-refractivity contribution in [3.63, 3.8) is 0 Å². The summed E-state index contributed by atoms with van der Waals surface area (Å²) in [6.45, 7) is 2.04. The number of ether oxygens (including phenoxy) is 1. The maximum atomic E-state index is 12.3. The highest BCUT2D eigenvalue weighted by Crippen LogP contribution is 2.26. The van der Waals surface area contributed by atoms with Gasteiger partial charge in [-0.2, -0.15) is 0 Å². The third kappa shape index (κ3) is 6.51. The van der Waals surface area contributed by atoms with E-state index in [-0.39, 0.29) is 11.7 Å². The molecule has 6 nitrogen and oxygen atoms in total. The molecule has 0 radical (unpaired) electrons. The summed E-state index contributed by atoms with van der Waals surface area (Å²) >= 11 is 1.34. The van der Waals surface area contributed by atoms with Crippen molar-refractivity contribution in [1.82, 2.24) is 4.98 Å². The van der Waals surface area contributed by atoms with Crippen molar-refractivity contribution in [2.24, 2.45) is 0 Å². The lowest BCUT2D eigenvalue weighted by Gasteiger charge is -2.04. The van der Waals surface area contributed by atoms with Gasteiger partial charge in [-0.25, -0.2) is 13.4 Å². The van der Waals surface area contributed by atoms with Crippen LogP contribution < -0.4 is 10.1 Å². The molecule has 0 unspecified atom stereocenters. The molecule has 0 bridgehead atoms. The molecule has 0 fully saturated rings. The van der Waals surface area contributed by atoms with Crippen LogP contribution in [0.1, 0.15) is 31.7 Å². The van der Waals surface area contributed by atoms with E-state index in [2.05, 4.69) is 10.3 Å². The van der Waals surface area contributed by atoms with E-state index in [9.17, 15) is 13.2 Å². The minimum absolute atomic E-state index is 0.157. The van der Waals surface area contributed by atoms with Crippen molar-refractivity contribution < 1.29 is 17.9 Å². The zero-order valence-electron chi connectivity index (χ0n) is 18.1. The minimum Gasteiger partial charge on any atom is -0.497 e. The van der Waals surface area contributed by atoms with Gasteiger partial charge in [-0.15, -0.1) is 11.3 Å². The standard InChI is InChI=1S/C24H26N2O4S2/c1-3-4-5-16-32(28,29)21-13-6-18(7-14-21)8-15-23(27)26-24-25-22(17-31-24)19-9-11-20(30-2)12-10-19/h6-15,17H,3-5,16H2,1-2H3,(H,25,26,27)/b15-8+. The summed E-state index contributed by atoms with van der Waals surface area (Å²) in [6, 6.07) is 14.1. The van der Waals surface area contributed by atoms with E-state index in [0.717, 1.165) is 35.4 Å². The number of rotatable bonds is 10. The Labute approximate surface area is 192 Å². The van der Waals surface area contributed by atoms with E-state index in [1.54, 1.807) is 37.5 Å². The van der Waals surface area contributed by atoms with Gasteiger partial charge >= 0.3 is 0 Å². The number of benzene rings is 2. The summed E-state index contributed by atoms with van der Waals surface area (Å²) < 4.78 is 29.8. The maximum absolute atomic E-state index is 12.3. The minimum atomic E-state index is -3.26. The molecule has 32 heavy (non-hydrogen) atoms. The highest BCUT2D eigenvalue weighted by molar-refractivity contribution is 7.91. The van der Waals surface area contributed by atoms with E-state index in [1.165, 1.54) is 17.4 Å². The molecule has 0 saturated carbocycles. The summed E-state index contributed by atoms with van der Waals surface area (Å²) in [4.78, 5) is 17.0. The molecule has 1 amide bonds. The first-order valence-corrected chi connectivity index (χ1v) is 12.9. The normalized spacial score (nSPS) is 11.6. The number of hydrogen-bond acceptors (Lipinski definition) is 6. The topological polar surface area (TPSA) is 85.4 Å². The lowest BCUT2D eigenvalue weighted by molar-refractivity contribution is -0.111. The number of amides is 1. The quantitative estimate of drug-likeness (QED) is 0.315. The van der Waals surface area contributed by atoms with Crippen LogP contribution in [0.3, 0.4) is 0 Å². The van der Waals surface area contributed by atoms with Gasteiger partial charge in [0.1, 0.15) is 5.75 Å². The van der Waals surface area contributed by atoms with Gasteiger partial charge in [0, 0.05) is 17.0 Å². The van der Waals surface area contributed by atoms with E-state index < -0.39 is 9.84 Å². The number of carbonyl (C=O) groups is 1. The first-order chi connectivity index (χ1) is 15.4. The molecule has 3 rings (SSSR count). The Morgan fingerprint density at radius 2 is 1.81 bits per heavy atom. The average Bonchev–Trinajstić information content (AvgIpc) is 3.26. The monoisotopic (exact) mass is 470 g/mol. The van der Waals surface area contributed by atoms with Crippen LogP contribution in [0.2, 0.25) is 0 Å². The predicted octanol–water partition coefficient (Wildman–Crippen LogP) is 5.43. The first-order valence-electron chi connectivity index (χ1n) is 10.3. The van der Waals surface area contributed by atoms with Gasteiger partial charge in [0.2, 0.25) is 5.91 Å². The molecule has 0 atom stereocenters. The zero-order valence-corrected chi connectivity index (χ0v) is 19.7. The van der Waals surface area contributed by atoms with Crippen LogP contribution in [0.25, 0.3) is 17.3 Å². The fourth-order valence-corrected chi connectivity index (χ4v) is 5.08. The van der Waals surface area contributed by atoms with Crippen LogP contribution >= 0.6 is 11.3 Å². The molecule has 0 spiro atoms. The average molecular weight is 471 g/mol. The van der Waals surface area contributed by atoms with Crippen LogP contribution in [0.5, 0.6) is 5.75 Å². The highest BCUT2D eigenvalue weighted by atomic mass is 32.2. The van der Waals surface area contributed by atoms with Gasteiger partial charge in [-0.1, -0.05) is 31.9 Å². The molecule has 0 aliphatic heterocycles. The molecular weight excluding hydrogens is 444 g/mol. The lowest BCUT2D eigenvalue weighted by atomic mass is 10.2. The van der Waals surface area contributed by atoms with Gasteiger partial charge in [0.15, 0.2) is 15.0 Å². The number of methoxy groups -OCH3 is 1. The zero-order chi connectivity index (χ0) is 23.0. The van der Waals surface area contributed by atoms with Crippen LogP contribution in [-0.4, -0.2) is 32.2 Å². The molecule has 1 heterocycles. The van der Waals surface area contributed by atoms with Crippen molar-refractivity contribution in [3.05, 3.63) is 65.6 Å². The van der Waals surface area contributed by atoms with E-state index >= 15 is 0 Å². The Kier molecular flexibility index (Phi) is 8.19. The van der Waals surface area contributed by atoms with E-state index in [1.807, 2.05) is 36.6 Å². The summed E-state index contributed by atoms with van der Waals surface area (Å²) in [6.07, 6.45) is 5.58. The molecule has 8 heteroatoms. The molecule has 0 aliphatic rings. The van der Waals surface area contributed by atoms with Gasteiger partial charge in [0.25, 0.3) is 0 Å². The number of unbranched alkanes of at least 4 members (excludes halogenated alkanes) is 2. The van der Waals surface area contributed by atoms with Gasteiger partial charge in [0.05, 0.1) is 23.5 Å².